The fraction of sp³-hybridized carbons (Fsp3) is 0.500. The SMILES string of the molecule is COc1ccccc1[C@H](CN1C(=O)C2(CC(C(=O)NC(C)(C)C(C)=O)C2)C(=O)c2c1sc(-c1ncco1)c2C)OC1CCOCC1. The third-order valence-corrected chi connectivity index (χ3v) is 10.9. The van der Waals surface area contributed by atoms with Crippen LogP contribution in [0.3, 0.4) is 0 Å². The Morgan fingerprint density at radius 3 is 2.57 bits per heavy atom. The number of fused-ring (bicyclic) bond motifs is 1. The number of nitrogens with zero attached hydrogens (tertiary/aromatic N) is 2. The van der Waals surface area contributed by atoms with Gasteiger partial charge in [0.2, 0.25) is 17.7 Å². The number of ether oxygens (including phenoxy) is 3. The maximum Gasteiger partial charge on any atom is 0.241 e. The standard InChI is InChI=1S/C34H39N3O8S/c1-19-26-28(39)34(16-21(17-34)29(40)36-33(3,4)20(2)38)32(41)37(31(26)46-27(19)30-35-12-15-44-30)18-25(45-22-10-13-43-14-11-22)23-8-6-7-9-24(23)42-5/h6-9,12,15,21-22,25H,10-11,13-14,16-18H2,1-5H3,(H,36,40)/t21?,25-,34?/m0/s1. The Bertz CT molecular complexity index is 1650. The second-order valence-electron chi connectivity index (χ2n) is 12.9. The minimum atomic E-state index is -1.42. The number of nitrogens with one attached hydrogen (secondary N) is 1. The van der Waals surface area contributed by atoms with Gasteiger partial charge in [-0.25, -0.2) is 4.98 Å². The van der Waals surface area contributed by atoms with Crippen molar-refractivity contribution in [3.63, 3.8) is 0 Å². The van der Waals surface area contributed by atoms with E-state index in [1.807, 2.05) is 31.2 Å². The molecule has 3 aliphatic rings. The highest BCUT2D eigenvalue weighted by molar-refractivity contribution is 7.20. The Morgan fingerprint density at radius 2 is 1.91 bits per heavy atom. The van der Waals surface area contributed by atoms with E-state index in [2.05, 4.69) is 10.3 Å². The number of Topliss-reactive ketones (excluding diaryl/α,β-unsaturated/α-hetero) is 2. The van der Waals surface area contributed by atoms with Crippen LogP contribution in [0.4, 0.5) is 5.00 Å². The average Bonchev–Trinajstić information content (AvgIpc) is 3.66. The number of benzene rings is 1. The minimum Gasteiger partial charge on any atom is -0.496 e. The number of aromatic nitrogens is 1. The fourth-order valence-electron chi connectivity index (χ4n) is 6.53. The molecule has 1 saturated carbocycles. The van der Waals surface area contributed by atoms with Crippen molar-refractivity contribution in [2.75, 3.05) is 31.8 Å². The molecule has 4 heterocycles. The number of oxazole rings is 1. The number of carbonyl (C=O) groups is 4. The summed E-state index contributed by atoms with van der Waals surface area (Å²) in [7, 11) is 1.60. The highest BCUT2D eigenvalue weighted by Crippen LogP contribution is 2.57. The van der Waals surface area contributed by atoms with Gasteiger partial charge in [0, 0.05) is 24.7 Å². The second-order valence-corrected chi connectivity index (χ2v) is 13.9. The first-order chi connectivity index (χ1) is 22.0. The molecular weight excluding hydrogens is 610 g/mol. The van der Waals surface area contributed by atoms with Crippen molar-refractivity contribution >= 4 is 39.7 Å². The third-order valence-electron chi connectivity index (χ3n) is 9.55. The summed E-state index contributed by atoms with van der Waals surface area (Å²) in [5.74, 6) is -0.797. The quantitative estimate of drug-likeness (QED) is 0.299. The molecule has 1 spiro atoms. The van der Waals surface area contributed by atoms with Gasteiger partial charge in [-0.15, -0.1) is 11.3 Å². The van der Waals surface area contributed by atoms with Crippen LogP contribution in [0.5, 0.6) is 5.75 Å². The van der Waals surface area contributed by atoms with E-state index < -0.39 is 23.0 Å². The normalized spacial score (nSPS) is 22.4. The molecule has 6 rings (SSSR count). The second kappa shape index (κ2) is 12.4. The number of para-hydroxylation sites is 1. The van der Waals surface area contributed by atoms with Crippen LogP contribution in [-0.2, 0) is 23.9 Å². The molecule has 1 atom stereocenters. The summed E-state index contributed by atoms with van der Waals surface area (Å²) in [5, 5.41) is 3.31. The van der Waals surface area contributed by atoms with E-state index in [9.17, 15) is 19.2 Å². The topological polar surface area (TPSA) is 137 Å². The molecule has 244 valence electrons. The molecule has 2 aromatic heterocycles. The van der Waals surface area contributed by atoms with Gasteiger partial charge in [-0.2, -0.15) is 0 Å². The number of methoxy groups -OCH3 is 1. The predicted molar refractivity (Wildman–Crippen MR) is 170 cm³/mol. The van der Waals surface area contributed by atoms with Crippen LogP contribution in [0.15, 0.2) is 41.1 Å². The molecule has 3 aromatic rings. The lowest BCUT2D eigenvalue weighted by molar-refractivity contribution is -0.143. The summed E-state index contributed by atoms with van der Waals surface area (Å²) in [5.41, 5.74) is -0.577. The zero-order chi connectivity index (χ0) is 32.8. The third kappa shape index (κ3) is 5.56. The number of hydrogen-bond acceptors (Lipinski definition) is 10. The van der Waals surface area contributed by atoms with E-state index in [0.29, 0.717) is 58.7 Å². The Morgan fingerprint density at radius 1 is 1.20 bits per heavy atom. The van der Waals surface area contributed by atoms with Gasteiger partial charge in [-0.1, -0.05) is 18.2 Å². The summed E-state index contributed by atoms with van der Waals surface area (Å²) in [6.07, 6.45) is 3.86. The van der Waals surface area contributed by atoms with Crippen molar-refractivity contribution < 1.29 is 37.8 Å². The number of hydrogen-bond donors (Lipinski definition) is 1. The van der Waals surface area contributed by atoms with E-state index in [1.165, 1.54) is 30.7 Å². The first-order valence-electron chi connectivity index (χ1n) is 15.6. The van der Waals surface area contributed by atoms with Crippen molar-refractivity contribution in [2.45, 2.75) is 71.1 Å². The molecule has 1 saturated heterocycles. The van der Waals surface area contributed by atoms with Gasteiger partial charge in [0.1, 0.15) is 28.5 Å². The molecule has 0 bridgehead atoms. The largest absolute Gasteiger partial charge is 0.496 e. The molecule has 11 nitrogen and oxygen atoms in total. The molecule has 1 aliphatic carbocycles. The molecular formula is C34H39N3O8S. The number of thiophene rings is 1. The highest BCUT2D eigenvalue weighted by Gasteiger charge is 2.63. The fourth-order valence-corrected chi connectivity index (χ4v) is 7.78. The van der Waals surface area contributed by atoms with Gasteiger partial charge in [-0.05, 0) is 65.0 Å². The number of amides is 2. The molecule has 0 radical (unpaired) electrons. The number of anilines is 1. The monoisotopic (exact) mass is 649 g/mol. The smallest absolute Gasteiger partial charge is 0.241 e. The summed E-state index contributed by atoms with van der Waals surface area (Å²) < 4.78 is 23.6. The molecule has 46 heavy (non-hydrogen) atoms. The van der Waals surface area contributed by atoms with Crippen LogP contribution in [0, 0.1) is 18.3 Å². The van der Waals surface area contributed by atoms with E-state index >= 15 is 0 Å². The maximum atomic E-state index is 14.7. The van der Waals surface area contributed by atoms with E-state index in [-0.39, 0.29) is 48.9 Å². The number of ketones is 2. The maximum absolute atomic E-state index is 14.7. The summed E-state index contributed by atoms with van der Waals surface area (Å²) >= 11 is 1.29. The molecule has 0 unspecified atom stereocenters. The Kier molecular flexibility index (Phi) is 8.64. The van der Waals surface area contributed by atoms with Crippen LogP contribution in [0.25, 0.3) is 10.8 Å². The van der Waals surface area contributed by atoms with Crippen LogP contribution < -0.4 is 15.0 Å². The van der Waals surface area contributed by atoms with Crippen LogP contribution in [0.1, 0.15) is 74.0 Å². The molecule has 1 aromatic carbocycles. The van der Waals surface area contributed by atoms with Crippen LogP contribution in [-0.4, -0.2) is 66.9 Å². The van der Waals surface area contributed by atoms with E-state index in [0.717, 1.165) is 5.56 Å². The average molecular weight is 650 g/mol. The van der Waals surface area contributed by atoms with Gasteiger partial charge in [0.15, 0.2) is 11.6 Å². The van der Waals surface area contributed by atoms with Crippen molar-refractivity contribution in [1.29, 1.82) is 0 Å². The van der Waals surface area contributed by atoms with Crippen molar-refractivity contribution in [1.82, 2.24) is 10.3 Å². The zero-order valence-corrected chi connectivity index (χ0v) is 27.5. The molecule has 2 fully saturated rings. The van der Waals surface area contributed by atoms with Gasteiger partial charge in [0.25, 0.3) is 0 Å². The Labute approximate surface area is 271 Å². The molecule has 1 N–H and O–H groups in total. The lowest BCUT2D eigenvalue weighted by Gasteiger charge is -2.49. The molecule has 2 aliphatic heterocycles. The van der Waals surface area contributed by atoms with E-state index in [1.54, 1.807) is 25.9 Å². The molecule has 2 amide bonds. The minimum absolute atomic E-state index is 0.0458. The van der Waals surface area contributed by atoms with Gasteiger partial charge in [-0.3, -0.25) is 24.1 Å². The lowest BCUT2D eigenvalue weighted by Crippen LogP contribution is -2.63. The van der Waals surface area contributed by atoms with Crippen LogP contribution in [0.2, 0.25) is 0 Å². The number of carbonyl (C=O) groups excluding carboxylic acids is 4. The Balaban J connectivity index is 1.39. The van der Waals surface area contributed by atoms with Crippen molar-refractivity contribution in [2.24, 2.45) is 11.3 Å². The van der Waals surface area contributed by atoms with E-state index in [4.69, 9.17) is 18.6 Å². The Hall–Kier alpha value is -3.87. The highest BCUT2D eigenvalue weighted by atomic mass is 32.1. The zero-order valence-electron chi connectivity index (χ0n) is 26.7. The summed E-state index contributed by atoms with van der Waals surface area (Å²) in [6.45, 7) is 7.83. The van der Waals surface area contributed by atoms with Gasteiger partial charge < -0.3 is 23.9 Å². The van der Waals surface area contributed by atoms with Crippen molar-refractivity contribution in [3.8, 4) is 16.5 Å². The van der Waals surface area contributed by atoms with Crippen molar-refractivity contribution in [3.05, 3.63) is 53.4 Å². The molecule has 12 heteroatoms. The first-order valence-corrected chi connectivity index (χ1v) is 16.4. The summed E-state index contributed by atoms with van der Waals surface area (Å²) in [4.78, 5) is 61.0. The van der Waals surface area contributed by atoms with Gasteiger partial charge in [0.05, 0.1) is 41.9 Å². The predicted octanol–water partition coefficient (Wildman–Crippen LogP) is 5.07. The van der Waals surface area contributed by atoms with Crippen LogP contribution >= 0.6 is 11.3 Å². The summed E-state index contributed by atoms with van der Waals surface area (Å²) in [6, 6.07) is 7.57. The number of rotatable bonds is 10. The first kappa shape index (κ1) is 32.1. The van der Waals surface area contributed by atoms with Gasteiger partial charge >= 0.3 is 0 Å². The lowest BCUT2D eigenvalue weighted by atomic mass is 9.56.